The maximum Gasteiger partial charge on any atom is 0.328 e. The minimum absolute atomic E-state index is 0.532. The molecule has 0 amide bonds. The van der Waals surface area contributed by atoms with Crippen molar-refractivity contribution < 1.29 is 9.90 Å². The molecule has 0 aliphatic carbocycles. The fourth-order valence-electron chi connectivity index (χ4n) is 1.39. The Labute approximate surface area is 90.6 Å². The van der Waals surface area contributed by atoms with E-state index in [0.29, 0.717) is 16.8 Å². The molecule has 5 heteroatoms. The molecule has 0 fully saturated rings. The van der Waals surface area contributed by atoms with Crippen LogP contribution in [-0.2, 0) is 4.79 Å². The van der Waals surface area contributed by atoms with Crippen molar-refractivity contribution in [2.75, 3.05) is 0 Å². The van der Waals surface area contributed by atoms with Gasteiger partial charge in [-0.05, 0) is 24.3 Å². The summed E-state index contributed by atoms with van der Waals surface area (Å²) in [5.74, 6) is -1.02. The van der Waals surface area contributed by atoms with Gasteiger partial charge in [-0.25, -0.2) is 4.79 Å². The van der Waals surface area contributed by atoms with Crippen molar-refractivity contribution >= 4 is 22.9 Å². The Morgan fingerprint density at radius 1 is 1.56 bits per heavy atom. The number of nitrogens with zero attached hydrogens (tertiary/aromatic N) is 2. The van der Waals surface area contributed by atoms with Gasteiger partial charge in [0.05, 0.1) is 22.8 Å². The summed E-state index contributed by atoms with van der Waals surface area (Å²) in [6.07, 6.45) is 2.43. The third-order valence-electron chi connectivity index (χ3n) is 2.11. The Morgan fingerprint density at radius 2 is 2.38 bits per heavy atom. The zero-order valence-corrected chi connectivity index (χ0v) is 8.14. The Balaban J connectivity index is 2.50. The van der Waals surface area contributed by atoms with Crippen molar-refractivity contribution in [3.8, 4) is 6.07 Å². The largest absolute Gasteiger partial charge is 0.478 e. The number of aliphatic carboxylic acids is 1. The van der Waals surface area contributed by atoms with E-state index in [1.165, 1.54) is 6.08 Å². The highest BCUT2D eigenvalue weighted by Crippen LogP contribution is 2.18. The van der Waals surface area contributed by atoms with Gasteiger partial charge in [-0.1, -0.05) is 0 Å². The summed E-state index contributed by atoms with van der Waals surface area (Å²) in [5, 5.41) is 24.7. The van der Waals surface area contributed by atoms with Crippen molar-refractivity contribution in [3.05, 3.63) is 35.5 Å². The standard InChI is InChI=1S/C11H7N3O2/c12-6-7-1-2-8-9(3-4-11(15)16)13-14-10(8)5-7/h1-5H,(H,13,14)(H,15,16). The molecule has 2 N–H and O–H groups in total. The minimum atomic E-state index is -1.02. The number of benzene rings is 1. The molecule has 1 aromatic carbocycles. The van der Waals surface area contributed by atoms with Crippen LogP contribution in [0.5, 0.6) is 0 Å². The summed E-state index contributed by atoms with van der Waals surface area (Å²) < 4.78 is 0. The highest BCUT2D eigenvalue weighted by molar-refractivity contribution is 5.92. The molecule has 2 aromatic rings. The summed E-state index contributed by atoms with van der Waals surface area (Å²) in [7, 11) is 0. The third-order valence-corrected chi connectivity index (χ3v) is 2.11. The van der Waals surface area contributed by atoms with E-state index < -0.39 is 5.97 Å². The van der Waals surface area contributed by atoms with Gasteiger partial charge in [0.15, 0.2) is 0 Å². The lowest BCUT2D eigenvalue weighted by atomic mass is 10.1. The Bertz CT molecular complexity index is 620. The maximum atomic E-state index is 10.4. The first-order chi connectivity index (χ1) is 7.70. The van der Waals surface area contributed by atoms with Gasteiger partial charge in [0, 0.05) is 11.5 Å². The normalized spacial score (nSPS) is 10.7. The third kappa shape index (κ3) is 1.77. The number of hydrogen-bond acceptors (Lipinski definition) is 3. The number of nitriles is 1. The zero-order valence-electron chi connectivity index (χ0n) is 8.14. The van der Waals surface area contributed by atoms with Crippen molar-refractivity contribution in [1.82, 2.24) is 10.2 Å². The Hall–Kier alpha value is -2.61. The van der Waals surface area contributed by atoms with Gasteiger partial charge in [-0.3, -0.25) is 5.10 Å². The van der Waals surface area contributed by atoms with E-state index in [0.717, 1.165) is 11.5 Å². The summed E-state index contributed by atoms with van der Waals surface area (Å²) in [5.41, 5.74) is 1.79. The van der Waals surface area contributed by atoms with Gasteiger partial charge in [0.1, 0.15) is 0 Å². The van der Waals surface area contributed by atoms with Gasteiger partial charge in [-0.15, -0.1) is 0 Å². The van der Waals surface area contributed by atoms with Crippen molar-refractivity contribution in [1.29, 1.82) is 5.26 Å². The smallest absolute Gasteiger partial charge is 0.328 e. The Morgan fingerprint density at radius 3 is 3.06 bits per heavy atom. The first kappa shape index (κ1) is 9.93. The van der Waals surface area contributed by atoms with E-state index >= 15 is 0 Å². The van der Waals surface area contributed by atoms with Crippen LogP contribution >= 0.6 is 0 Å². The van der Waals surface area contributed by atoms with Crippen LogP contribution in [0.2, 0.25) is 0 Å². The minimum Gasteiger partial charge on any atom is -0.478 e. The van der Waals surface area contributed by atoms with Crippen molar-refractivity contribution in [3.63, 3.8) is 0 Å². The van der Waals surface area contributed by atoms with Crippen molar-refractivity contribution in [2.45, 2.75) is 0 Å². The molecule has 1 aromatic heterocycles. The number of carbonyl (C=O) groups is 1. The summed E-state index contributed by atoms with van der Waals surface area (Å²) >= 11 is 0. The number of nitrogens with one attached hydrogen (secondary N) is 1. The fraction of sp³-hybridized carbons (Fsp3) is 0. The fourth-order valence-corrected chi connectivity index (χ4v) is 1.39. The first-order valence-electron chi connectivity index (χ1n) is 4.50. The zero-order chi connectivity index (χ0) is 11.5. The number of carboxylic acids is 1. The number of aromatic amines is 1. The number of H-pyrrole nitrogens is 1. The molecule has 0 saturated heterocycles. The van der Waals surface area contributed by atoms with E-state index in [1.807, 2.05) is 6.07 Å². The van der Waals surface area contributed by atoms with Gasteiger partial charge in [-0.2, -0.15) is 10.4 Å². The molecule has 0 atom stereocenters. The van der Waals surface area contributed by atoms with Gasteiger partial charge in [0.2, 0.25) is 0 Å². The molecular formula is C11H7N3O2. The quantitative estimate of drug-likeness (QED) is 0.740. The van der Waals surface area contributed by atoms with Crippen LogP contribution in [0.25, 0.3) is 17.0 Å². The highest BCUT2D eigenvalue weighted by Gasteiger charge is 2.03. The van der Waals surface area contributed by atoms with Crippen LogP contribution < -0.4 is 0 Å². The molecule has 16 heavy (non-hydrogen) atoms. The summed E-state index contributed by atoms with van der Waals surface area (Å²) in [6.45, 7) is 0. The predicted molar refractivity (Wildman–Crippen MR) is 57.5 cm³/mol. The molecule has 2 rings (SSSR count). The van der Waals surface area contributed by atoms with Crippen LogP contribution in [-0.4, -0.2) is 21.3 Å². The monoisotopic (exact) mass is 213 g/mol. The van der Waals surface area contributed by atoms with Crippen LogP contribution in [0, 0.1) is 11.3 Å². The van der Waals surface area contributed by atoms with E-state index in [4.69, 9.17) is 10.4 Å². The number of aromatic nitrogens is 2. The topological polar surface area (TPSA) is 89.8 Å². The van der Waals surface area contributed by atoms with Crippen LogP contribution in [0.4, 0.5) is 0 Å². The first-order valence-corrected chi connectivity index (χ1v) is 4.50. The summed E-state index contributed by atoms with van der Waals surface area (Å²) in [4.78, 5) is 10.4. The van der Waals surface area contributed by atoms with Crippen LogP contribution in [0.15, 0.2) is 24.3 Å². The Kier molecular flexibility index (Phi) is 2.40. The second kappa shape index (κ2) is 3.87. The molecule has 1 heterocycles. The molecule has 0 bridgehead atoms. The van der Waals surface area contributed by atoms with E-state index in [2.05, 4.69) is 10.2 Å². The molecule has 0 radical (unpaired) electrons. The van der Waals surface area contributed by atoms with E-state index in [9.17, 15) is 4.79 Å². The molecule has 5 nitrogen and oxygen atoms in total. The highest BCUT2D eigenvalue weighted by atomic mass is 16.4. The second-order valence-electron chi connectivity index (χ2n) is 3.15. The average molecular weight is 213 g/mol. The lowest BCUT2D eigenvalue weighted by Crippen LogP contribution is -1.85. The molecule has 0 aliphatic heterocycles. The molecule has 0 unspecified atom stereocenters. The van der Waals surface area contributed by atoms with Gasteiger partial charge in [0.25, 0.3) is 0 Å². The van der Waals surface area contributed by atoms with E-state index in [-0.39, 0.29) is 0 Å². The second-order valence-corrected chi connectivity index (χ2v) is 3.15. The molecule has 0 spiro atoms. The van der Waals surface area contributed by atoms with Gasteiger partial charge >= 0.3 is 5.97 Å². The number of carboxylic acid groups (broad SMARTS) is 1. The number of fused-ring (bicyclic) bond motifs is 1. The molecule has 0 saturated carbocycles. The molecular weight excluding hydrogens is 206 g/mol. The molecule has 0 aliphatic rings. The maximum absolute atomic E-state index is 10.4. The summed E-state index contributed by atoms with van der Waals surface area (Å²) in [6, 6.07) is 7.08. The molecule has 78 valence electrons. The number of rotatable bonds is 2. The average Bonchev–Trinajstić information content (AvgIpc) is 2.68. The van der Waals surface area contributed by atoms with Crippen molar-refractivity contribution in [2.24, 2.45) is 0 Å². The van der Waals surface area contributed by atoms with E-state index in [1.54, 1.807) is 18.2 Å². The lowest BCUT2D eigenvalue weighted by Gasteiger charge is -1.90. The van der Waals surface area contributed by atoms with Crippen LogP contribution in [0.3, 0.4) is 0 Å². The van der Waals surface area contributed by atoms with Crippen LogP contribution in [0.1, 0.15) is 11.3 Å². The SMILES string of the molecule is N#Cc1ccc2c(C=CC(=O)O)n[nH]c2c1. The van der Waals surface area contributed by atoms with Gasteiger partial charge < -0.3 is 5.11 Å². The number of hydrogen-bond donors (Lipinski definition) is 2. The predicted octanol–water partition coefficient (Wildman–Crippen LogP) is 1.53. The lowest BCUT2D eigenvalue weighted by molar-refractivity contribution is -0.131.